The lowest BCUT2D eigenvalue weighted by molar-refractivity contribution is -0.0504. The molecule has 0 spiro atoms. The van der Waals surface area contributed by atoms with Crippen LogP contribution in [0.4, 0.5) is 8.78 Å². The van der Waals surface area contributed by atoms with Crippen molar-refractivity contribution in [2.45, 2.75) is 24.6 Å². The van der Waals surface area contributed by atoms with Crippen molar-refractivity contribution in [1.29, 1.82) is 0 Å². The topological polar surface area (TPSA) is 45.7 Å². The van der Waals surface area contributed by atoms with E-state index in [1.165, 1.54) is 11.0 Å². The number of benzene rings is 2. The van der Waals surface area contributed by atoms with Crippen LogP contribution in [0.25, 0.3) is 0 Å². The molecule has 0 saturated heterocycles. The SMILES string of the molecule is CN=C(NCc1ccc(SC)cc1)NCc1ccccc1OC(F)F.I. The highest BCUT2D eigenvalue weighted by Crippen LogP contribution is 2.20. The Morgan fingerprint density at radius 1 is 1.08 bits per heavy atom. The van der Waals surface area contributed by atoms with Crippen molar-refractivity contribution in [2.24, 2.45) is 4.99 Å². The summed E-state index contributed by atoms with van der Waals surface area (Å²) in [6.45, 7) is -1.90. The van der Waals surface area contributed by atoms with Crippen LogP contribution in [0, 0.1) is 0 Å². The standard InChI is InChI=1S/C18H21F2N3OS.HI/c1-21-18(22-11-13-7-9-15(25-2)10-8-13)23-12-14-5-3-4-6-16(14)24-17(19)20;/h3-10,17H,11-12H2,1-2H3,(H2,21,22,23);1H. The van der Waals surface area contributed by atoms with Gasteiger partial charge in [-0.2, -0.15) is 8.78 Å². The van der Waals surface area contributed by atoms with Crippen LogP contribution in [0.2, 0.25) is 0 Å². The minimum Gasteiger partial charge on any atom is -0.434 e. The van der Waals surface area contributed by atoms with Gasteiger partial charge in [-0.1, -0.05) is 30.3 Å². The summed E-state index contributed by atoms with van der Waals surface area (Å²) in [6.07, 6.45) is 2.04. The molecule has 0 saturated carbocycles. The highest BCUT2D eigenvalue weighted by atomic mass is 127. The molecule has 0 unspecified atom stereocenters. The second kappa shape index (κ2) is 11.9. The minimum absolute atomic E-state index is 0. The highest BCUT2D eigenvalue weighted by molar-refractivity contribution is 14.0. The maximum absolute atomic E-state index is 12.4. The van der Waals surface area contributed by atoms with E-state index < -0.39 is 6.61 Å². The van der Waals surface area contributed by atoms with Gasteiger partial charge in [-0.3, -0.25) is 4.99 Å². The largest absolute Gasteiger partial charge is 0.434 e. The van der Waals surface area contributed by atoms with E-state index in [1.807, 2.05) is 6.26 Å². The molecule has 2 N–H and O–H groups in total. The molecule has 2 rings (SSSR count). The first-order valence-electron chi connectivity index (χ1n) is 7.72. The Kier molecular flexibility index (Phi) is 10.3. The van der Waals surface area contributed by atoms with Crippen LogP contribution >= 0.6 is 35.7 Å². The van der Waals surface area contributed by atoms with Gasteiger partial charge in [0.05, 0.1) is 0 Å². The van der Waals surface area contributed by atoms with Crippen LogP contribution in [0.1, 0.15) is 11.1 Å². The average Bonchev–Trinajstić information content (AvgIpc) is 2.63. The lowest BCUT2D eigenvalue weighted by Gasteiger charge is -2.14. The zero-order chi connectivity index (χ0) is 18.1. The number of thioether (sulfide) groups is 1. The number of ether oxygens (including phenoxy) is 1. The van der Waals surface area contributed by atoms with Gasteiger partial charge in [0.25, 0.3) is 0 Å². The number of hydrogen-bond acceptors (Lipinski definition) is 3. The lowest BCUT2D eigenvalue weighted by Crippen LogP contribution is -2.36. The van der Waals surface area contributed by atoms with Gasteiger partial charge in [-0.05, 0) is 30.0 Å². The zero-order valence-electron chi connectivity index (χ0n) is 14.5. The average molecular weight is 493 g/mol. The highest BCUT2D eigenvalue weighted by Gasteiger charge is 2.09. The molecule has 0 aromatic heterocycles. The van der Waals surface area contributed by atoms with Crippen molar-refractivity contribution in [1.82, 2.24) is 10.6 Å². The van der Waals surface area contributed by atoms with Crippen molar-refractivity contribution in [3.63, 3.8) is 0 Å². The van der Waals surface area contributed by atoms with Crippen LogP contribution in [-0.4, -0.2) is 25.9 Å². The number of aliphatic imine (C=N–C) groups is 1. The second-order valence-electron chi connectivity index (χ2n) is 5.11. The molecule has 0 aliphatic rings. The van der Waals surface area contributed by atoms with Gasteiger partial charge in [0.1, 0.15) is 5.75 Å². The third kappa shape index (κ3) is 7.36. The van der Waals surface area contributed by atoms with Crippen molar-refractivity contribution in [2.75, 3.05) is 13.3 Å². The maximum Gasteiger partial charge on any atom is 0.387 e. The van der Waals surface area contributed by atoms with E-state index in [9.17, 15) is 8.78 Å². The summed E-state index contributed by atoms with van der Waals surface area (Å²) in [4.78, 5) is 5.35. The summed E-state index contributed by atoms with van der Waals surface area (Å²) in [5, 5.41) is 6.30. The lowest BCUT2D eigenvalue weighted by atomic mass is 10.2. The summed E-state index contributed by atoms with van der Waals surface area (Å²) < 4.78 is 29.4. The van der Waals surface area contributed by atoms with Crippen LogP contribution in [-0.2, 0) is 13.1 Å². The monoisotopic (exact) mass is 493 g/mol. The predicted octanol–water partition coefficient (Wildman–Crippen LogP) is 4.49. The van der Waals surface area contributed by atoms with Gasteiger partial charge >= 0.3 is 6.61 Å². The van der Waals surface area contributed by atoms with Crippen molar-refractivity contribution in [3.8, 4) is 5.75 Å². The Morgan fingerprint density at radius 3 is 2.35 bits per heavy atom. The quantitative estimate of drug-likeness (QED) is 0.258. The number of halogens is 3. The van der Waals surface area contributed by atoms with Crippen LogP contribution in [0.15, 0.2) is 58.4 Å². The second-order valence-corrected chi connectivity index (χ2v) is 5.99. The predicted molar refractivity (Wildman–Crippen MR) is 114 cm³/mol. The third-order valence-corrected chi connectivity index (χ3v) is 4.22. The first kappa shape index (κ1) is 22.5. The molecule has 0 aliphatic heterocycles. The maximum atomic E-state index is 12.4. The van der Waals surface area contributed by atoms with E-state index in [4.69, 9.17) is 0 Å². The zero-order valence-corrected chi connectivity index (χ0v) is 17.7. The molecular formula is C18H22F2IN3OS. The minimum atomic E-state index is -2.84. The van der Waals surface area contributed by atoms with Gasteiger partial charge in [0.15, 0.2) is 5.96 Å². The molecule has 0 amide bonds. The van der Waals surface area contributed by atoms with Crippen LogP contribution in [0.5, 0.6) is 5.75 Å². The smallest absolute Gasteiger partial charge is 0.387 e. The summed E-state index contributed by atoms with van der Waals surface area (Å²) in [5.74, 6) is 0.744. The molecular weight excluding hydrogens is 471 g/mol. The number of alkyl halides is 2. The Morgan fingerprint density at radius 2 is 1.73 bits per heavy atom. The van der Waals surface area contributed by atoms with Crippen molar-refractivity contribution < 1.29 is 13.5 Å². The number of nitrogens with zero attached hydrogens (tertiary/aromatic N) is 1. The van der Waals surface area contributed by atoms with E-state index in [-0.39, 0.29) is 29.7 Å². The molecule has 0 heterocycles. The summed E-state index contributed by atoms with van der Waals surface area (Å²) in [7, 11) is 1.66. The van der Waals surface area contributed by atoms with Crippen molar-refractivity contribution in [3.05, 3.63) is 59.7 Å². The van der Waals surface area contributed by atoms with Gasteiger partial charge in [0, 0.05) is 30.6 Å². The Balaban J connectivity index is 0.00000338. The normalized spacial score (nSPS) is 11.0. The third-order valence-electron chi connectivity index (χ3n) is 3.48. The molecule has 2 aromatic carbocycles. The van der Waals surface area contributed by atoms with Gasteiger partial charge < -0.3 is 15.4 Å². The molecule has 142 valence electrons. The molecule has 0 fully saturated rings. The van der Waals surface area contributed by atoms with E-state index in [2.05, 4.69) is 44.6 Å². The van der Waals surface area contributed by atoms with Crippen LogP contribution < -0.4 is 15.4 Å². The number of rotatable bonds is 7. The molecule has 0 atom stereocenters. The van der Waals surface area contributed by atoms with E-state index in [0.29, 0.717) is 24.6 Å². The Hall–Kier alpha value is -1.55. The van der Waals surface area contributed by atoms with E-state index >= 15 is 0 Å². The van der Waals surface area contributed by atoms with Crippen LogP contribution in [0.3, 0.4) is 0 Å². The summed E-state index contributed by atoms with van der Waals surface area (Å²) in [6, 6.07) is 14.9. The Labute approximate surface area is 173 Å². The Bertz CT molecular complexity index is 699. The van der Waals surface area contributed by atoms with E-state index in [0.717, 1.165) is 5.56 Å². The molecule has 0 radical (unpaired) electrons. The molecule has 0 aliphatic carbocycles. The van der Waals surface area contributed by atoms with Gasteiger partial charge in [-0.25, -0.2) is 0 Å². The van der Waals surface area contributed by atoms with Gasteiger partial charge in [-0.15, -0.1) is 35.7 Å². The summed E-state index contributed by atoms with van der Waals surface area (Å²) in [5.41, 5.74) is 1.76. The van der Waals surface area contributed by atoms with Gasteiger partial charge in [0.2, 0.25) is 0 Å². The fourth-order valence-corrected chi connectivity index (χ4v) is 2.60. The number of para-hydroxylation sites is 1. The molecule has 8 heteroatoms. The molecule has 26 heavy (non-hydrogen) atoms. The number of nitrogens with one attached hydrogen (secondary N) is 2. The van der Waals surface area contributed by atoms with Crippen molar-refractivity contribution >= 4 is 41.7 Å². The number of hydrogen-bond donors (Lipinski definition) is 2. The van der Waals surface area contributed by atoms with E-state index in [1.54, 1.807) is 37.0 Å². The molecule has 2 aromatic rings. The first-order valence-corrected chi connectivity index (χ1v) is 8.95. The first-order chi connectivity index (χ1) is 12.1. The fourth-order valence-electron chi connectivity index (χ4n) is 2.19. The number of guanidine groups is 1. The molecule has 0 bridgehead atoms. The fraction of sp³-hybridized carbons (Fsp3) is 0.278. The molecule has 4 nitrogen and oxygen atoms in total. The summed E-state index contributed by atoms with van der Waals surface area (Å²) >= 11 is 1.70.